The van der Waals surface area contributed by atoms with Gasteiger partial charge in [0.2, 0.25) is 5.91 Å². The lowest BCUT2D eigenvalue weighted by Crippen LogP contribution is -2.22. The van der Waals surface area contributed by atoms with Crippen molar-refractivity contribution >= 4 is 46.3 Å². The number of amides is 1. The number of halogens is 1. The van der Waals surface area contributed by atoms with Gasteiger partial charge in [0.25, 0.3) is 0 Å². The number of nitrogens with zero attached hydrogens (tertiary/aromatic N) is 3. The van der Waals surface area contributed by atoms with Gasteiger partial charge in [-0.15, -0.1) is 21.5 Å². The van der Waals surface area contributed by atoms with Crippen LogP contribution in [0, 0.1) is 0 Å². The summed E-state index contributed by atoms with van der Waals surface area (Å²) < 4.78 is 1.94. The highest BCUT2D eigenvalue weighted by Crippen LogP contribution is 2.24. The number of benzene rings is 1. The predicted octanol–water partition coefficient (Wildman–Crippen LogP) is 4.24. The summed E-state index contributed by atoms with van der Waals surface area (Å²) in [5, 5.41) is 14.5. The molecule has 0 aliphatic carbocycles. The maximum absolute atomic E-state index is 12.4. The van der Waals surface area contributed by atoms with E-state index in [4.69, 9.17) is 11.6 Å². The molecule has 2 heterocycles. The fourth-order valence-corrected chi connectivity index (χ4v) is 3.82. The molecular formula is C17H17ClN4OS2. The van der Waals surface area contributed by atoms with Crippen molar-refractivity contribution < 1.29 is 4.79 Å². The molecule has 0 aliphatic heterocycles. The van der Waals surface area contributed by atoms with Crippen LogP contribution in [0.15, 0.2) is 46.9 Å². The summed E-state index contributed by atoms with van der Waals surface area (Å²) in [5.41, 5.74) is 0.721. The average Bonchev–Trinajstić information content (AvgIpc) is 3.22. The average molecular weight is 393 g/mol. The third-order valence-corrected chi connectivity index (χ3v) is 5.86. The van der Waals surface area contributed by atoms with Crippen LogP contribution in [-0.2, 0) is 18.3 Å². The van der Waals surface area contributed by atoms with Gasteiger partial charge in [0, 0.05) is 29.1 Å². The lowest BCUT2D eigenvalue weighted by atomic mass is 10.3. The van der Waals surface area contributed by atoms with Crippen molar-refractivity contribution in [3.63, 3.8) is 0 Å². The highest BCUT2D eigenvalue weighted by molar-refractivity contribution is 8.00. The number of thiophene rings is 1. The number of aromatic nitrogens is 3. The molecule has 0 unspecified atom stereocenters. The molecule has 8 heteroatoms. The van der Waals surface area contributed by atoms with E-state index in [1.165, 1.54) is 16.6 Å². The van der Waals surface area contributed by atoms with Gasteiger partial charge >= 0.3 is 0 Å². The van der Waals surface area contributed by atoms with Gasteiger partial charge in [0.1, 0.15) is 5.82 Å². The minimum atomic E-state index is -0.298. The van der Waals surface area contributed by atoms with Gasteiger partial charge in [-0.25, -0.2) is 0 Å². The second kappa shape index (κ2) is 8.03. The number of hydrogen-bond donors (Lipinski definition) is 1. The number of rotatable bonds is 6. The summed E-state index contributed by atoms with van der Waals surface area (Å²) in [6.45, 7) is 1.85. The minimum Gasteiger partial charge on any atom is -0.325 e. The number of carbonyl (C=O) groups excluding carboxylic acids is 1. The largest absolute Gasteiger partial charge is 0.325 e. The normalized spacial score (nSPS) is 12.1. The second-order valence-electron chi connectivity index (χ2n) is 5.47. The number of thioether (sulfide) groups is 1. The van der Waals surface area contributed by atoms with Gasteiger partial charge in [0.05, 0.1) is 5.25 Å². The molecule has 5 nitrogen and oxygen atoms in total. The fraction of sp³-hybridized carbons (Fsp3) is 0.235. The monoisotopic (exact) mass is 392 g/mol. The van der Waals surface area contributed by atoms with Crippen LogP contribution in [0.3, 0.4) is 0 Å². The Labute approximate surface area is 159 Å². The Balaban J connectivity index is 1.62. The Morgan fingerprint density at radius 3 is 2.76 bits per heavy atom. The maximum atomic E-state index is 12.4. The molecule has 1 aromatic carbocycles. The van der Waals surface area contributed by atoms with Crippen LogP contribution < -0.4 is 5.32 Å². The highest BCUT2D eigenvalue weighted by atomic mass is 35.5. The second-order valence-corrected chi connectivity index (χ2v) is 8.25. The van der Waals surface area contributed by atoms with Gasteiger partial charge in [-0.05, 0) is 42.6 Å². The molecular weight excluding hydrogens is 376 g/mol. The van der Waals surface area contributed by atoms with Crippen LogP contribution in [0.4, 0.5) is 5.69 Å². The van der Waals surface area contributed by atoms with E-state index in [-0.39, 0.29) is 11.2 Å². The van der Waals surface area contributed by atoms with Gasteiger partial charge in [-0.3, -0.25) is 4.79 Å². The molecule has 0 aliphatic rings. The smallest absolute Gasteiger partial charge is 0.237 e. The Hall–Kier alpha value is -1.83. The van der Waals surface area contributed by atoms with Crippen LogP contribution in [-0.4, -0.2) is 25.9 Å². The summed E-state index contributed by atoms with van der Waals surface area (Å²) in [7, 11) is 1.93. The summed E-state index contributed by atoms with van der Waals surface area (Å²) >= 11 is 8.94. The van der Waals surface area contributed by atoms with Crippen molar-refractivity contribution in [2.24, 2.45) is 7.05 Å². The Kier molecular flexibility index (Phi) is 5.78. The molecule has 3 rings (SSSR count). The van der Waals surface area contributed by atoms with Crippen LogP contribution >= 0.6 is 34.7 Å². The Morgan fingerprint density at radius 2 is 2.08 bits per heavy atom. The molecule has 0 fully saturated rings. The van der Waals surface area contributed by atoms with E-state index >= 15 is 0 Å². The molecule has 0 bridgehead atoms. The first kappa shape index (κ1) is 18.0. The van der Waals surface area contributed by atoms with Crippen molar-refractivity contribution in [3.05, 3.63) is 57.5 Å². The first-order valence-electron chi connectivity index (χ1n) is 7.66. The van der Waals surface area contributed by atoms with Crippen LogP contribution in [0.1, 0.15) is 17.6 Å². The van der Waals surface area contributed by atoms with E-state index in [9.17, 15) is 4.79 Å². The minimum absolute atomic E-state index is 0.0878. The van der Waals surface area contributed by atoms with Crippen molar-refractivity contribution in [1.29, 1.82) is 0 Å². The molecule has 0 saturated heterocycles. The lowest BCUT2D eigenvalue weighted by Gasteiger charge is -2.11. The molecule has 1 amide bonds. The third kappa shape index (κ3) is 4.62. The van der Waals surface area contributed by atoms with E-state index in [1.807, 2.05) is 30.0 Å². The standard InChI is InChI=1S/C17H17ClN4OS2/c1-11(16(23)19-13-7-5-12(18)6-8-13)25-17-21-20-15(22(17)2)10-14-4-3-9-24-14/h3-9,11H,10H2,1-2H3,(H,19,23)/t11-/m1/s1. The van der Waals surface area contributed by atoms with E-state index in [0.717, 1.165) is 23.1 Å². The van der Waals surface area contributed by atoms with Crippen molar-refractivity contribution in [3.8, 4) is 0 Å². The SMILES string of the molecule is C[C@@H](Sc1nnc(Cc2cccs2)n1C)C(=O)Nc1ccc(Cl)cc1. The number of anilines is 1. The van der Waals surface area contributed by atoms with E-state index in [2.05, 4.69) is 21.6 Å². The molecule has 130 valence electrons. The summed E-state index contributed by atoms with van der Waals surface area (Å²) in [6, 6.07) is 11.1. The zero-order chi connectivity index (χ0) is 17.8. The first-order chi connectivity index (χ1) is 12.0. The Bertz CT molecular complexity index is 846. The maximum Gasteiger partial charge on any atom is 0.237 e. The van der Waals surface area contributed by atoms with Gasteiger partial charge in [-0.1, -0.05) is 29.4 Å². The van der Waals surface area contributed by atoms with Crippen LogP contribution in [0.25, 0.3) is 0 Å². The summed E-state index contributed by atoms with van der Waals surface area (Å²) in [5.74, 6) is 0.797. The van der Waals surface area contributed by atoms with Gasteiger partial charge < -0.3 is 9.88 Å². The zero-order valence-electron chi connectivity index (χ0n) is 13.8. The number of nitrogens with one attached hydrogen (secondary N) is 1. The quantitative estimate of drug-likeness (QED) is 0.637. The van der Waals surface area contributed by atoms with Gasteiger partial charge in [0.15, 0.2) is 5.16 Å². The molecule has 25 heavy (non-hydrogen) atoms. The predicted molar refractivity (Wildman–Crippen MR) is 104 cm³/mol. The van der Waals surface area contributed by atoms with Gasteiger partial charge in [-0.2, -0.15) is 0 Å². The zero-order valence-corrected chi connectivity index (χ0v) is 16.2. The summed E-state index contributed by atoms with van der Waals surface area (Å²) in [4.78, 5) is 13.6. The topological polar surface area (TPSA) is 59.8 Å². The number of carbonyl (C=O) groups is 1. The molecule has 0 saturated carbocycles. The van der Waals surface area contributed by atoms with E-state index < -0.39 is 0 Å². The molecule has 0 spiro atoms. The molecule has 1 atom stereocenters. The van der Waals surface area contributed by atoms with Crippen LogP contribution in [0.5, 0.6) is 0 Å². The number of hydrogen-bond acceptors (Lipinski definition) is 5. The molecule has 0 radical (unpaired) electrons. The molecule has 1 N–H and O–H groups in total. The first-order valence-corrected chi connectivity index (χ1v) is 9.80. The van der Waals surface area contributed by atoms with E-state index in [1.54, 1.807) is 35.6 Å². The summed E-state index contributed by atoms with van der Waals surface area (Å²) in [6.07, 6.45) is 0.743. The highest BCUT2D eigenvalue weighted by Gasteiger charge is 2.19. The van der Waals surface area contributed by atoms with Crippen LogP contribution in [0.2, 0.25) is 5.02 Å². The lowest BCUT2D eigenvalue weighted by molar-refractivity contribution is -0.115. The van der Waals surface area contributed by atoms with Crippen molar-refractivity contribution in [1.82, 2.24) is 14.8 Å². The van der Waals surface area contributed by atoms with Crippen molar-refractivity contribution in [2.75, 3.05) is 5.32 Å². The van der Waals surface area contributed by atoms with E-state index in [0.29, 0.717) is 5.02 Å². The molecule has 3 aromatic rings. The Morgan fingerprint density at radius 1 is 1.32 bits per heavy atom. The molecule has 2 aromatic heterocycles. The van der Waals surface area contributed by atoms with Crippen molar-refractivity contribution in [2.45, 2.75) is 23.8 Å². The fourth-order valence-electron chi connectivity index (χ4n) is 2.16. The third-order valence-electron chi connectivity index (χ3n) is 3.60.